The molecule has 0 N–H and O–H groups in total. The van der Waals surface area contributed by atoms with Crippen LogP contribution >= 0.6 is 0 Å². The summed E-state index contributed by atoms with van der Waals surface area (Å²) in [7, 11) is 0. The van der Waals surface area contributed by atoms with Gasteiger partial charge in [-0.05, 0) is 42.7 Å². The third-order valence-electron chi connectivity index (χ3n) is 4.01. The predicted octanol–water partition coefficient (Wildman–Crippen LogP) is 3.68. The van der Waals surface area contributed by atoms with Crippen molar-refractivity contribution in [2.75, 3.05) is 0 Å². The summed E-state index contributed by atoms with van der Waals surface area (Å²) in [6, 6.07) is 3.87. The molecule has 2 atom stereocenters. The average molecular weight is 219 g/mol. The third kappa shape index (κ3) is 2.55. The highest BCUT2D eigenvalue weighted by Gasteiger charge is 2.34. The first-order valence-electron chi connectivity index (χ1n) is 6.14. The molecular formula is C14H21NO. The molecule has 0 radical (unpaired) electrons. The number of nitrogens with zero attached hydrogens (tertiary/aromatic N) is 1. The Hall–Kier alpha value is -1.05. The Bertz CT molecular complexity index is 334. The minimum Gasteiger partial charge on any atom is -0.490 e. The maximum absolute atomic E-state index is 5.98. The van der Waals surface area contributed by atoms with Crippen LogP contribution in [0.25, 0.3) is 0 Å². The lowest BCUT2D eigenvalue weighted by Crippen LogP contribution is -2.35. The van der Waals surface area contributed by atoms with Crippen LogP contribution in [-0.2, 0) is 0 Å². The first-order chi connectivity index (χ1) is 7.58. The fourth-order valence-electron chi connectivity index (χ4n) is 2.33. The van der Waals surface area contributed by atoms with Crippen molar-refractivity contribution in [1.29, 1.82) is 0 Å². The first-order valence-corrected chi connectivity index (χ1v) is 6.14. The quantitative estimate of drug-likeness (QED) is 0.757. The summed E-state index contributed by atoms with van der Waals surface area (Å²) in [5.74, 6) is 1.68. The molecule has 0 spiro atoms. The molecule has 1 aromatic heterocycles. The topological polar surface area (TPSA) is 22.1 Å². The molecule has 2 heteroatoms. The standard InChI is InChI=1S/C14H21NO/c1-11-10-13(4-7-14(11,2)3)16-12-5-8-15-9-6-12/h5-6,8-9,11,13H,4,7,10H2,1-3H3/t11-,13?/m0/s1. The summed E-state index contributed by atoms with van der Waals surface area (Å²) in [5.41, 5.74) is 0.470. The van der Waals surface area contributed by atoms with Crippen molar-refractivity contribution < 1.29 is 4.74 Å². The monoisotopic (exact) mass is 219 g/mol. The number of hydrogen-bond acceptors (Lipinski definition) is 2. The van der Waals surface area contributed by atoms with Gasteiger partial charge in [0, 0.05) is 12.4 Å². The Morgan fingerprint density at radius 3 is 2.62 bits per heavy atom. The summed E-state index contributed by atoms with van der Waals surface area (Å²) < 4.78 is 5.98. The highest BCUT2D eigenvalue weighted by atomic mass is 16.5. The zero-order valence-electron chi connectivity index (χ0n) is 10.4. The van der Waals surface area contributed by atoms with Crippen LogP contribution in [0.2, 0.25) is 0 Å². The Kier molecular flexibility index (Phi) is 3.17. The van der Waals surface area contributed by atoms with E-state index in [0.717, 1.165) is 18.1 Å². The largest absolute Gasteiger partial charge is 0.490 e. The molecule has 1 aliphatic carbocycles. The van der Waals surface area contributed by atoms with Crippen LogP contribution in [0, 0.1) is 11.3 Å². The minimum absolute atomic E-state index is 0.380. The highest BCUT2D eigenvalue weighted by molar-refractivity contribution is 5.17. The fourth-order valence-corrected chi connectivity index (χ4v) is 2.33. The fraction of sp³-hybridized carbons (Fsp3) is 0.643. The number of pyridine rings is 1. The summed E-state index contributed by atoms with van der Waals surface area (Å²) in [5, 5.41) is 0. The van der Waals surface area contributed by atoms with E-state index in [1.54, 1.807) is 12.4 Å². The Morgan fingerprint density at radius 2 is 2.00 bits per heavy atom. The lowest BCUT2D eigenvalue weighted by Gasteiger charge is -2.40. The zero-order valence-corrected chi connectivity index (χ0v) is 10.4. The molecule has 16 heavy (non-hydrogen) atoms. The predicted molar refractivity (Wildman–Crippen MR) is 65.4 cm³/mol. The SMILES string of the molecule is C[C@H]1CC(Oc2ccncc2)CCC1(C)C. The van der Waals surface area contributed by atoms with E-state index in [1.807, 2.05) is 12.1 Å². The molecule has 0 saturated heterocycles. The van der Waals surface area contributed by atoms with Crippen LogP contribution in [0.4, 0.5) is 0 Å². The summed E-state index contributed by atoms with van der Waals surface area (Å²) >= 11 is 0. The van der Waals surface area contributed by atoms with Crippen LogP contribution in [0.1, 0.15) is 40.0 Å². The molecule has 2 nitrogen and oxygen atoms in total. The summed E-state index contributed by atoms with van der Waals surface area (Å²) in [6.45, 7) is 7.06. The molecule has 1 fully saturated rings. The Morgan fingerprint density at radius 1 is 1.31 bits per heavy atom. The van der Waals surface area contributed by atoms with Crippen LogP contribution in [-0.4, -0.2) is 11.1 Å². The summed E-state index contributed by atoms with van der Waals surface area (Å²) in [4.78, 5) is 4.00. The van der Waals surface area contributed by atoms with Crippen LogP contribution in [0.3, 0.4) is 0 Å². The van der Waals surface area contributed by atoms with Crippen molar-refractivity contribution in [3.05, 3.63) is 24.5 Å². The van der Waals surface area contributed by atoms with Gasteiger partial charge in [-0.2, -0.15) is 0 Å². The van der Waals surface area contributed by atoms with Gasteiger partial charge >= 0.3 is 0 Å². The maximum atomic E-state index is 5.98. The van der Waals surface area contributed by atoms with E-state index in [4.69, 9.17) is 4.74 Å². The van der Waals surface area contributed by atoms with Gasteiger partial charge in [0.05, 0.1) is 6.10 Å². The molecule has 1 aliphatic rings. The second-order valence-electron chi connectivity index (χ2n) is 5.59. The van der Waals surface area contributed by atoms with Gasteiger partial charge in [-0.1, -0.05) is 20.8 Å². The molecule has 0 amide bonds. The Balaban J connectivity index is 1.94. The van der Waals surface area contributed by atoms with Crippen LogP contribution < -0.4 is 4.74 Å². The zero-order chi connectivity index (χ0) is 11.6. The van der Waals surface area contributed by atoms with Crippen molar-refractivity contribution in [3.63, 3.8) is 0 Å². The number of ether oxygens (including phenoxy) is 1. The van der Waals surface area contributed by atoms with Gasteiger partial charge in [0.25, 0.3) is 0 Å². The minimum atomic E-state index is 0.380. The van der Waals surface area contributed by atoms with Gasteiger partial charge in [0.15, 0.2) is 0 Å². The van der Waals surface area contributed by atoms with Crippen molar-refractivity contribution in [1.82, 2.24) is 4.98 Å². The second-order valence-corrected chi connectivity index (χ2v) is 5.59. The molecule has 88 valence electrons. The van der Waals surface area contributed by atoms with E-state index in [-0.39, 0.29) is 0 Å². The van der Waals surface area contributed by atoms with E-state index in [2.05, 4.69) is 25.8 Å². The van der Waals surface area contributed by atoms with E-state index >= 15 is 0 Å². The Labute approximate surface area is 98.0 Å². The molecule has 2 rings (SSSR count). The van der Waals surface area contributed by atoms with Gasteiger partial charge < -0.3 is 4.74 Å². The number of rotatable bonds is 2. The van der Waals surface area contributed by atoms with E-state index < -0.39 is 0 Å². The van der Waals surface area contributed by atoms with Gasteiger partial charge in [-0.25, -0.2) is 0 Å². The van der Waals surface area contributed by atoms with Crippen LogP contribution in [0.15, 0.2) is 24.5 Å². The molecule has 1 saturated carbocycles. The van der Waals surface area contributed by atoms with Gasteiger partial charge in [0.1, 0.15) is 5.75 Å². The molecular weight excluding hydrogens is 198 g/mol. The van der Waals surface area contributed by atoms with Crippen molar-refractivity contribution >= 4 is 0 Å². The lowest BCUT2D eigenvalue weighted by atomic mass is 9.69. The molecule has 1 aromatic rings. The second kappa shape index (κ2) is 4.44. The van der Waals surface area contributed by atoms with E-state index in [9.17, 15) is 0 Å². The van der Waals surface area contributed by atoms with Crippen molar-refractivity contribution in [3.8, 4) is 5.75 Å². The molecule has 1 unspecified atom stereocenters. The van der Waals surface area contributed by atoms with E-state index in [1.165, 1.54) is 12.8 Å². The summed E-state index contributed by atoms with van der Waals surface area (Å²) in [6.07, 6.45) is 7.53. The van der Waals surface area contributed by atoms with Gasteiger partial charge in [-0.3, -0.25) is 4.98 Å². The van der Waals surface area contributed by atoms with Gasteiger partial charge in [0.2, 0.25) is 0 Å². The average Bonchev–Trinajstić information content (AvgIpc) is 2.26. The molecule has 0 aliphatic heterocycles. The molecule has 0 bridgehead atoms. The first kappa shape index (κ1) is 11.4. The number of hydrogen-bond donors (Lipinski definition) is 0. The normalized spacial score (nSPS) is 28.7. The molecule has 1 heterocycles. The lowest BCUT2D eigenvalue weighted by molar-refractivity contribution is 0.0515. The maximum Gasteiger partial charge on any atom is 0.122 e. The van der Waals surface area contributed by atoms with Crippen molar-refractivity contribution in [2.24, 2.45) is 11.3 Å². The number of aromatic nitrogens is 1. The van der Waals surface area contributed by atoms with Crippen LogP contribution in [0.5, 0.6) is 5.75 Å². The molecule has 0 aromatic carbocycles. The van der Waals surface area contributed by atoms with Crippen molar-refractivity contribution in [2.45, 2.75) is 46.1 Å². The smallest absolute Gasteiger partial charge is 0.122 e. The highest BCUT2D eigenvalue weighted by Crippen LogP contribution is 2.41. The third-order valence-corrected chi connectivity index (χ3v) is 4.01. The van der Waals surface area contributed by atoms with E-state index in [0.29, 0.717) is 11.5 Å². The van der Waals surface area contributed by atoms with Gasteiger partial charge in [-0.15, -0.1) is 0 Å².